The minimum atomic E-state index is -4.65. The zero-order valence-corrected chi connectivity index (χ0v) is 60.3. The first kappa shape index (κ1) is 86.5. The number of allylic oxidation sites excluding steroid dienone is 12. The maximum Gasteiger partial charge on any atom is 0.306 e. The molecule has 2 atom stereocenters. The number of esters is 2. The lowest BCUT2D eigenvalue weighted by Gasteiger charge is -2.28. The number of quaternary nitrogens is 1. The Morgan fingerprint density at radius 2 is 0.640 bits per heavy atom. The Morgan fingerprint density at radius 3 is 0.955 bits per heavy atom. The van der Waals surface area contributed by atoms with Crippen LogP contribution in [0.25, 0.3) is 0 Å². The van der Waals surface area contributed by atoms with E-state index in [9.17, 15) is 19.0 Å². The van der Waals surface area contributed by atoms with Gasteiger partial charge in [0.25, 0.3) is 7.82 Å². The first-order valence-corrected chi connectivity index (χ1v) is 39.6. The van der Waals surface area contributed by atoms with E-state index in [1.807, 2.05) is 21.1 Å². The summed E-state index contributed by atoms with van der Waals surface area (Å²) in [7, 11) is 1.16. The van der Waals surface area contributed by atoms with Gasteiger partial charge in [-0.25, -0.2) is 0 Å². The van der Waals surface area contributed by atoms with E-state index < -0.39 is 26.5 Å². The van der Waals surface area contributed by atoms with Crippen LogP contribution in [0.1, 0.15) is 367 Å². The molecule has 0 fully saturated rings. The summed E-state index contributed by atoms with van der Waals surface area (Å²) in [5, 5.41) is 0. The second-order valence-corrected chi connectivity index (χ2v) is 28.4. The zero-order chi connectivity index (χ0) is 64.8. The number of unbranched alkanes of at least 4 members (excludes halogenated alkanes) is 45. The van der Waals surface area contributed by atoms with Crippen molar-refractivity contribution in [3.05, 3.63) is 72.9 Å². The van der Waals surface area contributed by atoms with E-state index in [2.05, 4.69) is 86.8 Å². The molecule has 0 heterocycles. The molecule has 0 aromatic heterocycles. The van der Waals surface area contributed by atoms with Crippen LogP contribution in [0.5, 0.6) is 0 Å². The number of hydrogen-bond acceptors (Lipinski definition) is 8. The Kier molecular flexibility index (Phi) is 67.8. The fourth-order valence-corrected chi connectivity index (χ4v) is 11.9. The summed E-state index contributed by atoms with van der Waals surface area (Å²) in [6.07, 6.45) is 94.6. The van der Waals surface area contributed by atoms with Crippen molar-refractivity contribution in [1.82, 2.24) is 0 Å². The molecule has 89 heavy (non-hydrogen) atoms. The topological polar surface area (TPSA) is 111 Å². The predicted octanol–water partition coefficient (Wildman–Crippen LogP) is 24.5. The highest BCUT2D eigenvalue weighted by atomic mass is 31.2. The number of nitrogens with zero attached hydrogens (tertiary/aromatic N) is 1. The fraction of sp³-hybridized carbons (Fsp3) is 0.823. The van der Waals surface area contributed by atoms with Crippen LogP contribution in [0.3, 0.4) is 0 Å². The van der Waals surface area contributed by atoms with Gasteiger partial charge in [-0.05, 0) is 64.2 Å². The minimum absolute atomic E-state index is 0.0357. The zero-order valence-electron chi connectivity index (χ0n) is 59.4. The van der Waals surface area contributed by atoms with E-state index in [4.69, 9.17) is 18.5 Å². The lowest BCUT2D eigenvalue weighted by Crippen LogP contribution is -2.37. The first-order chi connectivity index (χ1) is 43.5. The average molecular weight is 1270 g/mol. The molecule has 0 saturated heterocycles. The van der Waals surface area contributed by atoms with Gasteiger partial charge in [-0.15, -0.1) is 0 Å². The van der Waals surface area contributed by atoms with Crippen molar-refractivity contribution in [3.8, 4) is 0 Å². The van der Waals surface area contributed by atoms with E-state index in [1.54, 1.807) is 0 Å². The molecule has 0 aliphatic carbocycles. The Balaban J connectivity index is 3.92. The number of phosphoric ester groups is 1. The van der Waals surface area contributed by atoms with Crippen molar-refractivity contribution >= 4 is 19.8 Å². The van der Waals surface area contributed by atoms with Gasteiger partial charge in [0.1, 0.15) is 19.8 Å². The van der Waals surface area contributed by atoms with Crippen molar-refractivity contribution in [2.75, 3.05) is 47.5 Å². The van der Waals surface area contributed by atoms with E-state index in [-0.39, 0.29) is 32.0 Å². The van der Waals surface area contributed by atoms with Gasteiger partial charge >= 0.3 is 11.9 Å². The summed E-state index contributed by atoms with van der Waals surface area (Å²) < 4.78 is 34.3. The van der Waals surface area contributed by atoms with Gasteiger partial charge in [0.15, 0.2) is 6.10 Å². The third-order valence-electron chi connectivity index (χ3n) is 17.0. The molecule has 2 unspecified atom stereocenters. The molecule has 0 aliphatic rings. The van der Waals surface area contributed by atoms with Crippen LogP contribution >= 0.6 is 7.82 Å². The molecule has 520 valence electrons. The van der Waals surface area contributed by atoms with Crippen molar-refractivity contribution in [1.29, 1.82) is 0 Å². The molecule has 0 rings (SSSR count). The summed E-state index contributed by atoms with van der Waals surface area (Å²) >= 11 is 0. The minimum Gasteiger partial charge on any atom is -0.756 e. The second kappa shape index (κ2) is 69.8. The largest absolute Gasteiger partial charge is 0.756 e. The first-order valence-electron chi connectivity index (χ1n) is 38.1. The van der Waals surface area contributed by atoms with Gasteiger partial charge in [-0.1, -0.05) is 363 Å². The molecule has 0 aromatic rings. The van der Waals surface area contributed by atoms with Crippen molar-refractivity contribution in [2.24, 2.45) is 0 Å². The molecule has 0 bridgehead atoms. The highest BCUT2D eigenvalue weighted by Crippen LogP contribution is 2.38. The van der Waals surface area contributed by atoms with Crippen LogP contribution in [-0.4, -0.2) is 70.0 Å². The molecule has 0 amide bonds. The van der Waals surface area contributed by atoms with Crippen LogP contribution in [0.4, 0.5) is 0 Å². The molecule has 0 N–H and O–H groups in total. The number of rotatable bonds is 71. The van der Waals surface area contributed by atoms with Crippen LogP contribution in [-0.2, 0) is 32.7 Å². The van der Waals surface area contributed by atoms with E-state index in [1.165, 1.54) is 238 Å². The number of ether oxygens (including phenoxy) is 2. The van der Waals surface area contributed by atoms with Gasteiger partial charge < -0.3 is 27.9 Å². The molecular formula is C79H146NO8P. The van der Waals surface area contributed by atoms with Gasteiger partial charge in [0, 0.05) is 12.8 Å². The Labute approximate surface area is 552 Å². The van der Waals surface area contributed by atoms with Crippen LogP contribution in [0, 0.1) is 0 Å². The molecule has 0 spiro atoms. The molecule has 0 aliphatic heterocycles. The Morgan fingerprint density at radius 1 is 0.360 bits per heavy atom. The molecule has 0 aromatic carbocycles. The van der Waals surface area contributed by atoms with E-state index in [0.717, 1.165) is 96.3 Å². The van der Waals surface area contributed by atoms with Crippen LogP contribution in [0.15, 0.2) is 72.9 Å². The van der Waals surface area contributed by atoms with E-state index in [0.29, 0.717) is 17.4 Å². The fourth-order valence-electron chi connectivity index (χ4n) is 11.2. The van der Waals surface area contributed by atoms with Crippen LogP contribution in [0.2, 0.25) is 0 Å². The molecule has 9 nitrogen and oxygen atoms in total. The summed E-state index contributed by atoms with van der Waals surface area (Å²) in [6.45, 7) is 4.16. The third-order valence-corrected chi connectivity index (χ3v) is 18.0. The quantitative estimate of drug-likeness (QED) is 0.0195. The second-order valence-electron chi connectivity index (χ2n) is 27.0. The monoisotopic (exact) mass is 1270 g/mol. The smallest absolute Gasteiger partial charge is 0.306 e. The van der Waals surface area contributed by atoms with Gasteiger partial charge in [0.2, 0.25) is 0 Å². The number of phosphoric acid groups is 1. The Bertz CT molecular complexity index is 1730. The SMILES string of the molecule is CC/C=C\C/C=C\C/C=C\C/C=C\C/C=C\C/C=C\CCCCCCCCC(=O)OC(COC(=O)CCCCCCCCCCCCCCCCCCCCCCCCCCCCCCCCCCCCCCCCCC)COP(=O)([O-])OCC[N+](C)(C)C. The molecule has 0 radical (unpaired) electrons. The molecule has 0 saturated carbocycles. The average Bonchev–Trinajstić information content (AvgIpc) is 3.60. The highest BCUT2D eigenvalue weighted by Gasteiger charge is 2.22. The summed E-state index contributed by atoms with van der Waals surface area (Å²) in [6, 6.07) is 0. The molecule has 10 heteroatoms. The standard InChI is InChI=1S/C79H146NO8P/c1-6-8-10-12-14-16-18-20-22-24-26-28-30-32-33-34-35-36-37-38-39-40-41-42-43-44-45-46-48-49-51-53-55-57-59-61-63-65-67-69-71-78(81)85-75-77(76-87-89(83,84)86-74-73-80(3,4)5)88-79(82)72-70-68-66-64-62-60-58-56-54-52-50-47-31-29-27-25-23-21-19-17-15-13-11-9-7-2/h9,11,15,17,21,23,27,29,47,50,54,56,77H,6-8,10,12-14,16,18-20,22,24-26,28,30-46,48-49,51-53,55,57-76H2,1-5H3/b11-9-,17-15-,23-21-,29-27-,50-47-,56-54-. The number of carbonyl (C=O) groups excluding carboxylic acids is 2. The van der Waals surface area contributed by atoms with Gasteiger partial charge in [0.05, 0.1) is 27.7 Å². The lowest BCUT2D eigenvalue weighted by atomic mass is 10.0. The normalized spacial score (nSPS) is 13.5. The Hall–Kier alpha value is -2.55. The van der Waals surface area contributed by atoms with E-state index >= 15 is 0 Å². The van der Waals surface area contributed by atoms with Gasteiger partial charge in [-0.3, -0.25) is 14.2 Å². The van der Waals surface area contributed by atoms with Crippen LogP contribution < -0.4 is 4.89 Å². The van der Waals surface area contributed by atoms with Crippen molar-refractivity contribution in [2.45, 2.75) is 373 Å². The van der Waals surface area contributed by atoms with Gasteiger partial charge in [-0.2, -0.15) is 0 Å². The van der Waals surface area contributed by atoms with Crippen molar-refractivity contribution < 1.29 is 42.1 Å². The van der Waals surface area contributed by atoms with Crippen molar-refractivity contribution in [3.63, 3.8) is 0 Å². The summed E-state index contributed by atoms with van der Waals surface area (Å²) in [4.78, 5) is 38.1. The highest BCUT2D eigenvalue weighted by molar-refractivity contribution is 7.45. The number of hydrogen-bond donors (Lipinski definition) is 0. The lowest BCUT2D eigenvalue weighted by molar-refractivity contribution is -0.870. The number of carbonyl (C=O) groups is 2. The summed E-state index contributed by atoms with van der Waals surface area (Å²) in [5.74, 6) is -0.839. The maximum atomic E-state index is 12.9. The third kappa shape index (κ3) is 74.4. The number of likely N-dealkylation sites (N-methyl/N-ethyl adjacent to an activating group) is 1. The maximum absolute atomic E-state index is 12.9. The summed E-state index contributed by atoms with van der Waals surface area (Å²) in [5.41, 5.74) is 0. The molecular weight excluding hydrogens is 1120 g/mol. The predicted molar refractivity (Wildman–Crippen MR) is 383 cm³/mol.